The fourth-order valence-electron chi connectivity index (χ4n) is 1.78. The summed E-state index contributed by atoms with van der Waals surface area (Å²) in [7, 11) is 0. The lowest BCUT2D eigenvalue weighted by molar-refractivity contribution is -0.117. The first-order valence-corrected chi connectivity index (χ1v) is 9.47. The summed E-state index contributed by atoms with van der Waals surface area (Å²) in [4.78, 5) is 21.5. The van der Waals surface area contributed by atoms with Gasteiger partial charge in [0.15, 0.2) is 0 Å². The van der Waals surface area contributed by atoms with E-state index < -0.39 is 15.9 Å². The van der Waals surface area contributed by atoms with Crippen LogP contribution in [0.5, 0.6) is 0 Å². The van der Waals surface area contributed by atoms with Gasteiger partial charge in [-0.25, -0.2) is 0 Å². The van der Waals surface area contributed by atoms with Gasteiger partial charge in [-0.2, -0.15) is 0 Å². The number of hydrazine groups is 1. The van der Waals surface area contributed by atoms with E-state index in [1.807, 2.05) is 45.9 Å². The van der Waals surface area contributed by atoms with Gasteiger partial charge < -0.3 is 0 Å². The van der Waals surface area contributed by atoms with Gasteiger partial charge in [-0.3, -0.25) is 20.9 Å². The number of hydrogen-bond donors (Lipinski definition) is 2. The van der Waals surface area contributed by atoms with Gasteiger partial charge in [-0.1, -0.05) is 54.1 Å². The highest BCUT2D eigenvalue weighted by Crippen LogP contribution is 2.37. The molecule has 0 heterocycles. The van der Waals surface area contributed by atoms with Crippen LogP contribution < -0.4 is 11.3 Å². The number of allylic oxidation sites excluding steroid dienone is 4. The zero-order valence-corrected chi connectivity index (χ0v) is 19.7. The first-order valence-electron chi connectivity index (χ1n) is 8.28. The van der Waals surface area contributed by atoms with Crippen molar-refractivity contribution in [2.24, 2.45) is 11.3 Å². The second-order valence-corrected chi connectivity index (χ2v) is 8.35. The Kier molecular flexibility index (Phi) is 14.0. The van der Waals surface area contributed by atoms with Crippen molar-refractivity contribution in [2.75, 3.05) is 0 Å². The summed E-state index contributed by atoms with van der Waals surface area (Å²) in [5, 5.41) is -1.14. The Balaban J connectivity index is 0. The largest absolute Gasteiger partial charge is 0.280 e. The Morgan fingerprint density at radius 1 is 1.14 bits per heavy atom. The van der Waals surface area contributed by atoms with Crippen molar-refractivity contribution in [1.82, 2.24) is 5.43 Å². The third-order valence-corrected chi connectivity index (χ3v) is 5.01. The van der Waals surface area contributed by atoms with E-state index in [4.69, 9.17) is 40.6 Å². The van der Waals surface area contributed by atoms with Crippen molar-refractivity contribution >= 4 is 57.7 Å². The highest BCUT2D eigenvalue weighted by Gasteiger charge is 2.39. The average molecular weight is 470 g/mol. The molecule has 4 nitrogen and oxygen atoms in total. The Morgan fingerprint density at radius 3 is 1.89 bits per heavy atom. The molecule has 0 radical (unpaired) electrons. The van der Waals surface area contributed by atoms with Crippen molar-refractivity contribution in [3.63, 3.8) is 0 Å². The maximum absolute atomic E-state index is 11.1. The molecule has 0 aromatic heterocycles. The number of rotatable bonds is 2. The summed E-state index contributed by atoms with van der Waals surface area (Å²) in [5.41, 5.74) is 3.43. The fourth-order valence-corrected chi connectivity index (χ4v) is 2.37. The summed E-state index contributed by atoms with van der Waals surface area (Å²) in [6.07, 6.45) is 5.45. The number of benzene rings is 1. The number of carbonyl (C=O) groups is 2. The molecule has 0 fully saturated rings. The molecule has 0 aliphatic heterocycles. The van der Waals surface area contributed by atoms with E-state index >= 15 is 0 Å². The molecule has 28 heavy (non-hydrogen) atoms. The lowest BCUT2D eigenvalue weighted by Crippen LogP contribution is -2.41. The highest BCUT2D eigenvalue weighted by atomic mass is 35.5. The van der Waals surface area contributed by atoms with E-state index in [-0.39, 0.29) is 23.3 Å². The Labute approximate surface area is 188 Å². The molecule has 0 bridgehead atoms. The standard InChI is InChI=1S/C9H10Cl2O.C7H5ClO.C4H12N2.ClH/c1-6-4-3-5-9(2,7(6)10)8(11)12;8-7(9)6-4-2-1-3-5-6;1-4(2,3)6-5;/h3-5,7H,1-2H3;1-5H;6H,5H2,1-3H3;1H. The molecule has 2 rings (SSSR count). The van der Waals surface area contributed by atoms with E-state index in [1.165, 1.54) is 0 Å². The molecule has 0 spiro atoms. The monoisotopic (exact) mass is 468 g/mol. The van der Waals surface area contributed by atoms with E-state index in [0.717, 1.165) is 5.57 Å². The van der Waals surface area contributed by atoms with Crippen LogP contribution in [-0.2, 0) is 4.79 Å². The van der Waals surface area contributed by atoms with Crippen molar-refractivity contribution in [3.05, 3.63) is 59.7 Å². The molecule has 8 heteroatoms. The molecular weight excluding hydrogens is 442 g/mol. The molecule has 0 saturated heterocycles. The Hall–Kier alpha value is -0.880. The summed E-state index contributed by atoms with van der Waals surface area (Å²) in [5.74, 6) is 5.06. The molecule has 0 saturated carbocycles. The fraction of sp³-hybridized carbons (Fsp3) is 0.400. The average Bonchev–Trinajstić information content (AvgIpc) is 2.60. The van der Waals surface area contributed by atoms with Crippen molar-refractivity contribution in [1.29, 1.82) is 0 Å². The van der Waals surface area contributed by atoms with Gasteiger partial charge in [-0.05, 0) is 57.8 Å². The topological polar surface area (TPSA) is 72.2 Å². The molecule has 0 amide bonds. The SMILES string of the molecule is CC(C)(C)NN.CC1=CC=CC(C)(C(=O)Cl)C1Cl.Cl.O=C(Cl)c1ccccc1. The lowest BCUT2D eigenvalue weighted by Gasteiger charge is -2.29. The second kappa shape index (κ2) is 13.4. The summed E-state index contributed by atoms with van der Waals surface area (Å²) in [6.45, 7) is 9.65. The number of hydrogen-bond acceptors (Lipinski definition) is 4. The predicted molar refractivity (Wildman–Crippen MR) is 122 cm³/mol. The first-order chi connectivity index (χ1) is 12.3. The summed E-state index contributed by atoms with van der Waals surface area (Å²) in [6, 6.07) is 8.74. The maximum Gasteiger partial charge on any atom is 0.252 e. The predicted octanol–water partition coefficient (Wildman–Crippen LogP) is 5.62. The smallest absolute Gasteiger partial charge is 0.252 e. The van der Waals surface area contributed by atoms with Gasteiger partial charge in [0.2, 0.25) is 5.24 Å². The van der Waals surface area contributed by atoms with Crippen LogP contribution in [0.4, 0.5) is 0 Å². The molecule has 3 N–H and O–H groups in total. The Morgan fingerprint density at radius 2 is 1.61 bits per heavy atom. The van der Waals surface area contributed by atoms with Gasteiger partial charge in [0.05, 0.1) is 10.8 Å². The zero-order valence-electron chi connectivity index (χ0n) is 16.6. The molecule has 2 unspecified atom stereocenters. The minimum Gasteiger partial charge on any atom is -0.280 e. The van der Waals surface area contributed by atoms with Gasteiger partial charge in [0, 0.05) is 11.1 Å². The van der Waals surface area contributed by atoms with E-state index in [2.05, 4.69) is 5.43 Å². The normalized spacial score (nSPS) is 20.3. The third kappa shape index (κ3) is 10.6. The second-order valence-electron chi connectivity index (χ2n) is 7.22. The van der Waals surface area contributed by atoms with Gasteiger partial charge >= 0.3 is 0 Å². The summed E-state index contributed by atoms with van der Waals surface area (Å²) < 4.78 is 0. The van der Waals surface area contributed by atoms with Crippen molar-refractivity contribution in [3.8, 4) is 0 Å². The minimum absolute atomic E-state index is 0. The minimum atomic E-state index is -0.748. The van der Waals surface area contributed by atoms with Crippen LogP contribution in [0, 0.1) is 5.41 Å². The molecule has 158 valence electrons. The van der Waals surface area contributed by atoms with Crippen LogP contribution in [0.2, 0.25) is 0 Å². The summed E-state index contributed by atoms with van der Waals surface area (Å²) >= 11 is 16.7. The van der Waals surface area contributed by atoms with Crippen LogP contribution in [0.15, 0.2) is 54.1 Å². The third-order valence-electron chi connectivity index (χ3n) is 3.59. The van der Waals surface area contributed by atoms with Crippen LogP contribution in [0.3, 0.4) is 0 Å². The molecule has 1 aliphatic rings. The molecule has 1 aromatic rings. The van der Waals surface area contributed by atoms with E-state index in [0.29, 0.717) is 5.56 Å². The van der Waals surface area contributed by atoms with Gasteiger partial charge in [0.1, 0.15) is 0 Å². The number of nitrogens with two attached hydrogens (primary N) is 1. The van der Waals surface area contributed by atoms with Gasteiger partial charge in [-0.15, -0.1) is 24.0 Å². The van der Waals surface area contributed by atoms with Crippen molar-refractivity contribution < 1.29 is 9.59 Å². The number of alkyl halides is 1. The molecule has 1 aromatic carbocycles. The number of halogens is 4. The Bertz CT molecular complexity index is 685. The molecule has 2 atom stereocenters. The molecule has 1 aliphatic carbocycles. The van der Waals surface area contributed by atoms with E-state index in [9.17, 15) is 9.59 Å². The highest BCUT2D eigenvalue weighted by molar-refractivity contribution is 6.67. The molecular formula is C20H28Cl4N2O2. The van der Waals surface area contributed by atoms with Crippen LogP contribution in [0.25, 0.3) is 0 Å². The number of nitrogens with one attached hydrogen (secondary N) is 1. The zero-order chi connectivity index (χ0) is 21.3. The maximum atomic E-state index is 11.1. The first kappa shape index (κ1) is 29.3. The lowest BCUT2D eigenvalue weighted by atomic mass is 9.81. The van der Waals surface area contributed by atoms with E-state index in [1.54, 1.807) is 37.3 Å². The number of carbonyl (C=O) groups excluding carboxylic acids is 2. The van der Waals surface area contributed by atoms with Crippen molar-refractivity contribution in [2.45, 2.75) is 45.5 Å². The van der Waals surface area contributed by atoms with Crippen LogP contribution in [0.1, 0.15) is 45.0 Å². The van der Waals surface area contributed by atoms with Gasteiger partial charge in [0.25, 0.3) is 5.24 Å². The quantitative estimate of drug-likeness (QED) is 0.255. The van der Waals surface area contributed by atoms with Crippen LogP contribution in [-0.4, -0.2) is 21.4 Å². The van der Waals surface area contributed by atoms with Crippen LogP contribution >= 0.6 is 47.2 Å².